The molecule has 0 aliphatic rings. The first-order valence-electron chi connectivity index (χ1n) is 5.85. The van der Waals surface area contributed by atoms with Gasteiger partial charge in [-0.15, -0.1) is 11.3 Å². The Bertz CT molecular complexity index is 718. The maximum atomic E-state index is 11.9. The number of nitrogens with one attached hydrogen (secondary N) is 1. The van der Waals surface area contributed by atoms with Crippen molar-refractivity contribution in [2.75, 3.05) is 6.26 Å². The number of hydrogen-bond acceptors (Lipinski definition) is 5. The second-order valence-electron chi connectivity index (χ2n) is 4.34. The Kier molecular flexibility index (Phi) is 4.20. The van der Waals surface area contributed by atoms with Gasteiger partial charge >= 0.3 is 0 Å². The smallest absolute Gasteiger partial charge is 0.251 e. The molecule has 1 N–H and O–H groups in total. The maximum Gasteiger partial charge on any atom is 0.251 e. The van der Waals surface area contributed by atoms with E-state index in [1.807, 2.05) is 12.3 Å². The summed E-state index contributed by atoms with van der Waals surface area (Å²) in [6.45, 7) is 2.26. The largest absolute Gasteiger partial charge is 0.346 e. The summed E-state index contributed by atoms with van der Waals surface area (Å²) in [4.78, 5) is 16.3. The zero-order chi connectivity index (χ0) is 14.8. The van der Waals surface area contributed by atoms with E-state index in [1.54, 1.807) is 0 Å². The van der Waals surface area contributed by atoms with Gasteiger partial charge in [0.05, 0.1) is 22.1 Å². The summed E-state index contributed by atoms with van der Waals surface area (Å²) >= 11 is 1.53. The number of carbonyl (C=O) groups is 1. The zero-order valence-electron chi connectivity index (χ0n) is 11.1. The van der Waals surface area contributed by atoms with E-state index in [4.69, 9.17) is 0 Å². The lowest BCUT2D eigenvalue weighted by molar-refractivity contribution is 0.0950. The van der Waals surface area contributed by atoms with Crippen LogP contribution in [0.15, 0.2) is 34.5 Å². The van der Waals surface area contributed by atoms with E-state index in [1.165, 1.54) is 35.6 Å². The van der Waals surface area contributed by atoms with Crippen LogP contribution in [-0.4, -0.2) is 25.6 Å². The van der Waals surface area contributed by atoms with E-state index in [-0.39, 0.29) is 10.8 Å². The molecule has 7 heteroatoms. The van der Waals surface area contributed by atoms with Crippen LogP contribution < -0.4 is 5.32 Å². The fraction of sp³-hybridized carbons (Fsp3) is 0.231. The number of rotatable bonds is 4. The fourth-order valence-corrected chi connectivity index (χ4v) is 2.86. The minimum Gasteiger partial charge on any atom is -0.346 e. The highest BCUT2D eigenvalue weighted by Crippen LogP contribution is 2.11. The van der Waals surface area contributed by atoms with Gasteiger partial charge in [0.25, 0.3) is 5.91 Å². The average molecular weight is 310 g/mol. The van der Waals surface area contributed by atoms with Crippen LogP contribution >= 0.6 is 11.3 Å². The number of carbonyl (C=O) groups excluding carboxylic acids is 1. The Morgan fingerprint density at radius 3 is 2.45 bits per heavy atom. The minimum absolute atomic E-state index is 0.198. The minimum atomic E-state index is -3.24. The number of thiazole rings is 1. The molecule has 0 saturated heterocycles. The van der Waals surface area contributed by atoms with E-state index < -0.39 is 9.84 Å². The van der Waals surface area contributed by atoms with Crippen molar-refractivity contribution in [1.29, 1.82) is 0 Å². The first-order chi connectivity index (χ1) is 9.36. The van der Waals surface area contributed by atoms with Crippen molar-refractivity contribution >= 4 is 27.1 Å². The molecule has 0 aliphatic heterocycles. The van der Waals surface area contributed by atoms with Crippen molar-refractivity contribution < 1.29 is 13.2 Å². The lowest BCUT2D eigenvalue weighted by atomic mass is 10.2. The maximum absolute atomic E-state index is 11.9. The second-order valence-corrected chi connectivity index (χ2v) is 7.42. The Morgan fingerprint density at radius 1 is 1.30 bits per heavy atom. The van der Waals surface area contributed by atoms with Crippen LogP contribution in [0.2, 0.25) is 0 Å². The number of amides is 1. The third-order valence-corrected chi connectivity index (χ3v) is 4.59. The molecule has 2 aromatic rings. The summed E-state index contributed by atoms with van der Waals surface area (Å²) < 4.78 is 22.6. The molecule has 20 heavy (non-hydrogen) atoms. The van der Waals surface area contributed by atoms with Crippen molar-refractivity contribution in [3.8, 4) is 0 Å². The number of aromatic nitrogens is 1. The molecule has 2 rings (SSSR count). The van der Waals surface area contributed by atoms with Crippen LogP contribution in [0.5, 0.6) is 0 Å². The summed E-state index contributed by atoms with van der Waals surface area (Å²) in [6, 6.07) is 5.85. The van der Waals surface area contributed by atoms with Gasteiger partial charge in [0.1, 0.15) is 0 Å². The molecule has 0 saturated carbocycles. The molecule has 0 bridgehead atoms. The molecule has 5 nitrogen and oxygen atoms in total. The molecule has 1 aromatic carbocycles. The van der Waals surface area contributed by atoms with Crippen molar-refractivity contribution in [2.24, 2.45) is 0 Å². The topological polar surface area (TPSA) is 76.1 Å². The Hall–Kier alpha value is -1.73. The summed E-state index contributed by atoms with van der Waals surface area (Å²) in [5, 5.41) is 5.58. The van der Waals surface area contributed by atoms with Crippen LogP contribution in [0.4, 0.5) is 0 Å². The van der Waals surface area contributed by atoms with Crippen molar-refractivity contribution in [3.05, 3.63) is 45.9 Å². The molecule has 1 amide bonds. The predicted octanol–water partition coefficient (Wildman–Crippen LogP) is 1.79. The van der Waals surface area contributed by atoms with Gasteiger partial charge in [-0.25, -0.2) is 13.4 Å². The SMILES string of the molecule is Cc1nc(CNC(=O)c2ccc(S(C)(=O)=O)cc2)cs1. The fourth-order valence-electron chi connectivity index (χ4n) is 1.62. The van der Waals surface area contributed by atoms with Crippen LogP contribution in [-0.2, 0) is 16.4 Å². The molecule has 1 heterocycles. The van der Waals surface area contributed by atoms with Gasteiger partial charge in [-0.2, -0.15) is 0 Å². The number of aryl methyl sites for hydroxylation is 1. The van der Waals surface area contributed by atoms with E-state index in [2.05, 4.69) is 10.3 Å². The van der Waals surface area contributed by atoms with Gasteiger partial charge in [0.15, 0.2) is 9.84 Å². The number of hydrogen-bond donors (Lipinski definition) is 1. The second kappa shape index (κ2) is 5.72. The highest BCUT2D eigenvalue weighted by Gasteiger charge is 2.10. The van der Waals surface area contributed by atoms with Gasteiger partial charge < -0.3 is 5.32 Å². The normalized spacial score (nSPS) is 11.3. The quantitative estimate of drug-likeness (QED) is 0.934. The molecule has 0 unspecified atom stereocenters. The third-order valence-electron chi connectivity index (χ3n) is 2.64. The number of benzene rings is 1. The highest BCUT2D eigenvalue weighted by molar-refractivity contribution is 7.90. The summed E-state index contributed by atoms with van der Waals surface area (Å²) in [5.74, 6) is -0.254. The molecular weight excluding hydrogens is 296 g/mol. The van der Waals surface area contributed by atoms with Crippen molar-refractivity contribution in [1.82, 2.24) is 10.3 Å². The van der Waals surface area contributed by atoms with Crippen LogP contribution in [0.25, 0.3) is 0 Å². The molecule has 0 aliphatic carbocycles. The van der Waals surface area contributed by atoms with Gasteiger partial charge in [0, 0.05) is 17.2 Å². The molecule has 106 valence electrons. The van der Waals surface area contributed by atoms with Crippen molar-refractivity contribution in [2.45, 2.75) is 18.4 Å². The number of nitrogens with zero attached hydrogens (tertiary/aromatic N) is 1. The van der Waals surface area contributed by atoms with Crippen LogP contribution in [0.3, 0.4) is 0 Å². The monoisotopic (exact) mass is 310 g/mol. The third kappa shape index (κ3) is 3.64. The molecule has 0 radical (unpaired) electrons. The Morgan fingerprint density at radius 2 is 1.95 bits per heavy atom. The standard InChI is InChI=1S/C13H14N2O3S2/c1-9-15-11(8-19-9)7-14-13(16)10-3-5-12(6-4-10)20(2,17)18/h3-6,8H,7H2,1-2H3,(H,14,16). The van der Waals surface area contributed by atoms with Gasteiger partial charge in [0.2, 0.25) is 0 Å². The molecule has 0 fully saturated rings. The molecule has 0 atom stereocenters. The lowest BCUT2D eigenvalue weighted by Gasteiger charge is -2.04. The van der Waals surface area contributed by atoms with E-state index in [0.717, 1.165) is 17.0 Å². The van der Waals surface area contributed by atoms with Crippen LogP contribution in [0, 0.1) is 6.92 Å². The summed E-state index contributed by atoms with van der Waals surface area (Å²) in [5.41, 5.74) is 1.23. The predicted molar refractivity (Wildman–Crippen MR) is 77.6 cm³/mol. The van der Waals surface area contributed by atoms with Crippen LogP contribution in [0.1, 0.15) is 21.1 Å². The summed E-state index contributed by atoms with van der Waals surface area (Å²) in [6.07, 6.45) is 1.13. The van der Waals surface area contributed by atoms with Gasteiger partial charge in [-0.1, -0.05) is 0 Å². The zero-order valence-corrected chi connectivity index (χ0v) is 12.7. The Labute approximate surface area is 121 Å². The first kappa shape index (κ1) is 14.7. The van der Waals surface area contributed by atoms with Gasteiger partial charge in [-0.05, 0) is 31.2 Å². The molecule has 0 spiro atoms. The highest BCUT2D eigenvalue weighted by atomic mass is 32.2. The molecular formula is C13H14N2O3S2. The van der Waals surface area contributed by atoms with E-state index in [0.29, 0.717) is 12.1 Å². The van der Waals surface area contributed by atoms with Gasteiger partial charge in [-0.3, -0.25) is 4.79 Å². The number of sulfone groups is 1. The summed E-state index contributed by atoms with van der Waals surface area (Å²) in [7, 11) is -3.24. The Balaban J connectivity index is 2.02. The average Bonchev–Trinajstić information content (AvgIpc) is 2.81. The first-order valence-corrected chi connectivity index (χ1v) is 8.63. The van der Waals surface area contributed by atoms with E-state index in [9.17, 15) is 13.2 Å². The van der Waals surface area contributed by atoms with E-state index >= 15 is 0 Å². The van der Waals surface area contributed by atoms with Crippen molar-refractivity contribution in [3.63, 3.8) is 0 Å². The molecule has 1 aromatic heterocycles. The lowest BCUT2D eigenvalue weighted by Crippen LogP contribution is -2.22.